The summed E-state index contributed by atoms with van der Waals surface area (Å²) in [7, 11) is -0.764. The summed E-state index contributed by atoms with van der Waals surface area (Å²) in [6, 6.07) is 5.93. The fourth-order valence-corrected chi connectivity index (χ4v) is 2.91. The number of rotatable bonds is 9. The number of sulfonamides is 1. The minimum atomic E-state index is -3.65. The van der Waals surface area contributed by atoms with Gasteiger partial charge in [0, 0.05) is 13.7 Å². The Bertz CT molecular complexity index is 863. The second-order valence-electron chi connectivity index (χ2n) is 5.29. The number of carbonyl (C=O) groups excluding carboxylic acids is 1. The molecule has 0 aliphatic rings. The first kappa shape index (κ1) is 19.9. The smallest absolute Gasteiger partial charge is 0.258 e. The highest BCUT2D eigenvalue weighted by atomic mass is 32.2. The first-order valence-corrected chi connectivity index (χ1v) is 9.29. The van der Waals surface area contributed by atoms with Crippen molar-refractivity contribution in [2.45, 2.75) is 11.4 Å². The Morgan fingerprint density at radius 1 is 1.27 bits per heavy atom. The Hall–Kier alpha value is -2.40. The van der Waals surface area contributed by atoms with Gasteiger partial charge in [0.25, 0.3) is 5.91 Å². The van der Waals surface area contributed by atoms with E-state index in [1.165, 1.54) is 31.5 Å². The third-order valence-corrected chi connectivity index (χ3v) is 4.97. The summed E-state index contributed by atoms with van der Waals surface area (Å²) >= 11 is 0. The maximum atomic E-state index is 12.4. The number of furan rings is 1. The van der Waals surface area contributed by atoms with Crippen LogP contribution in [0.25, 0.3) is 0 Å². The first-order chi connectivity index (χ1) is 12.4. The molecule has 0 fully saturated rings. The Balaban J connectivity index is 2.31. The molecule has 0 radical (unpaired) electrons. The van der Waals surface area contributed by atoms with Gasteiger partial charge >= 0.3 is 0 Å². The highest BCUT2D eigenvalue weighted by Crippen LogP contribution is 2.26. The van der Waals surface area contributed by atoms with Crippen molar-refractivity contribution in [3.8, 4) is 0 Å². The monoisotopic (exact) mass is 382 g/mol. The molecule has 1 aromatic carbocycles. The van der Waals surface area contributed by atoms with Gasteiger partial charge in [-0.25, -0.2) is 13.1 Å². The molecule has 0 spiro atoms. The van der Waals surface area contributed by atoms with Gasteiger partial charge in [0.05, 0.1) is 35.0 Å². The van der Waals surface area contributed by atoms with Crippen LogP contribution in [-0.2, 0) is 21.3 Å². The number of carbonyl (C=O) groups is 1. The van der Waals surface area contributed by atoms with Gasteiger partial charge in [-0.2, -0.15) is 0 Å². The van der Waals surface area contributed by atoms with Crippen molar-refractivity contribution in [2.24, 2.45) is 5.73 Å². The summed E-state index contributed by atoms with van der Waals surface area (Å²) in [5.41, 5.74) is 6.64. The SMILES string of the molecule is CNS(=O)(=O)c1ccc(NCCOC)c(NC(=O)c2coc(CN)c2)c1. The summed E-state index contributed by atoms with van der Waals surface area (Å²) in [4.78, 5) is 12.5. The molecule has 0 atom stereocenters. The van der Waals surface area contributed by atoms with Crippen LogP contribution in [0.15, 0.2) is 39.8 Å². The van der Waals surface area contributed by atoms with Gasteiger partial charge in [-0.05, 0) is 31.3 Å². The van der Waals surface area contributed by atoms with Crippen LogP contribution in [0.3, 0.4) is 0 Å². The van der Waals surface area contributed by atoms with E-state index in [0.717, 1.165) is 0 Å². The molecule has 0 aliphatic carbocycles. The van der Waals surface area contributed by atoms with Crippen molar-refractivity contribution in [1.82, 2.24) is 4.72 Å². The van der Waals surface area contributed by atoms with Gasteiger partial charge < -0.3 is 25.5 Å². The third kappa shape index (κ3) is 4.82. The zero-order valence-electron chi connectivity index (χ0n) is 14.5. The number of nitrogens with one attached hydrogen (secondary N) is 3. The van der Waals surface area contributed by atoms with Crippen molar-refractivity contribution in [1.29, 1.82) is 0 Å². The van der Waals surface area contributed by atoms with Crippen molar-refractivity contribution < 1.29 is 22.4 Å². The number of benzene rings is 1. The van der Waals surface area contributed by atoms with Gasteiger partial charge in [0.1, 0.15) is 12.0 Å². The van der Waals surface area contributed by atoms with E-state index in [4.69, 9.17) is 14.9 Å². The number of ether oxygens (including phenoxy) is 1. The normalized spacial score (nSPS) is 11.3. The zero-order valence-corrected chi connectivity index (χ0v) is 15.4. The van der Waals surface area contributed by atoms with Crippen LogP contribution in [0.4, 0.5) is 11.4 Å². The van der Waals surface area contributed by atoms with Crippen molar-refractivity contribution in [2.75, 3.05) is 37.9 Å². The predicted octanol–water partition coefficient (Wildman–Crippen LogP) is 0.957. The molecule has 1 aromatic heterocycles. The van der Waals surface area contributed by atoms with Crippen LogP contribution in [0.2, 0.25) is 0 Å². The minimum Gasteiger partial charge on any atom is -0.467 e. The summed E-state index contributed by atoms with van der Waals surface area (Å²) < 4.78 is 36.4. The maximum Gasteiger partial charge on any atom is 0.258 e. The number of nitrogens with two attached hydrogens (primary N) is 1. The van der Waals surface area contributed by atoms with Gasteiger partial charge in [0.15, 0.2) is 0 Å². The maximum absolute atomic E-state index is 12.4. The van der Waals surface area contributed by atoms with Crippen LogP contribution >= 0.6 is 0 Å². The molecule has 9 nitrogen and oxygen atoms in total. The topological polar surface area (TPSA) is 136 Å². The lowest BCUT2D eigenvalue weighted by Crippen LogP contribution is -2.20. The third-order valence-electron chi connectivity index (χ3n) is 3.56. The molecule has 2 rings (SSSR count). The highest BCUT2D eigenvalue weighted by Gasteiger charge is 2.17. The lowest BCUT2D eigenvalue weighted by Gasteiger charge is -2.14. The summed E-state index contributed by atoms with van der Waals surface area (Å²) in [6.45, 7) is 1.11. The number of hydrogen-bond donors (Lipinski definition) is 4. The van der Waals surface area contributed by atoms with E-state index in [9.17, 15) is 13.2 Å². The summed E-state index contributed by atoms with van der Waals surface area (Å²) in [6.07, 6.45) is 1.30. The minimum absolute atomic E-state index is 0.0300. The van der Waals surface area contributed by atoms with E-state index in [-0.39, 0.29) is 17.0 Å². The van der Waals surface area contributed by atoms with Crippen LogP contribution in [0.1, 0.15) is 16.1 Å². The Labute approximate surface area is 151 Å². The molecule has 0 unspecified atom stereocenters. The van der Waals surface area contributed by atoms with Gasteiger partial charge in [0.2, 0.25) is 10.0 Å². The molecule has 142 valence electrons. The summed E-state index contributed by atoms with van der Waals surface area (Å²) in [5.74, 6) is 0.0300. The summed E-state index contributed by atoms with van der Waals surface area (Å²) in [5, 5.41) is 5.78. The van der Waals surface area contributed by atoms with Gasteiger partial charge in [-0.3, -0.25) is 4.79 Å². The molecule has 1 amide bonds. The molecule has 26 heavy (non-hydrogen) atoms. The molecular weight excluding hydrogens is 360 g/mol. The van der Waals surface area contributed by atoms with Crippen molar-refractivity contribution in [3.63, 3.8) is 0 Å². The lowest BCUT2D eigenvalue weighted by molar-refractivity contribution is 0.102. The van der Waals surface area contributed by atoms with E-state index >= 15 is 0 Å². The average molecular weight is 382 g/mol. The Kier molecular flexibility index (Phi) is 6.75. The van der Waals surface area contributed by atoms with E-state index < -0.39 is 15.9 Å². The van der Waals surface area contributed by atoms with E-state index in [0.29, 0.717) is 30.3 Å². The molecule has 0 saturated carbocycles. The quantitative estimate of drug-likeness (QED) is 0.474. The Morgan fingerprint density at radius 3 is 2.65 bits per heavy atom. The molecule has 0 saturated heterocycles. The number of amides is 1. The van der Waals surface area contributed by atoms with Crippen LogP contribution < -0.4 is 21.1 Å². The van der Waals surface area contributed by atoms with Crippen molar-refractivity contribution >= 4 is 27.3 Å². The Morgan fingerprint density at radius 2 is 2.04 bits per heavy atom. The molecule has 0 aliphatic heterocycles. The largest absolute Gasteiger partial charge is 0.467 e. The molecule has 5 N–H and O–H groups in total. The van der Waals surface area contributed by atoms with Gasteiger partial charge in [-0.1, -0.05) is 0 Å². The number of methoxy groups -OCH3 is 1. The number of hydrogen-bond acceptors (Lipinski definition) is 7. The number of anilines is 2. The predicted molar refractivity (Wildman–Crippen MR) is 97.6 cm³/mol. The van der Waals surface area contributed by atoms with Crippen LogP contribution in [0, 0.1) is 0 Å². The standard InChI is InChI=1S/C16H22N4O5S/c1-18-26(22,23)13-3-4-14(19-5-6-24-2)15(8-13)20-16(21)11-7-12(9-17)25-10-11/h3-4,7-8,10,18-19H,5-6,9,17H2,1-2H3,(H,20,21). The zero-order chi connectivity index (χ0) is 19.2. The van der Waals surface area contributed by atoms with E-state index in [1.54, 1.807) is 13.2 Å². The fraction of sp³-hybridized carbons (Fsp3) is 0.312. The second kappa shape index (κ2) is 8.81. The molecule has 1 heterocycles. The van der Waals surface area contributed by atoms with E-state index in [1.807, 2.05) is 0 Å². The average Bonchev–Trinajstić information content (AvgIpc) is 3.12. The molecular formula is C16H22N4O5S. The molecule has 0 bridgehead atoms. The highest BCUT2D eigenvalue weighted by molar-refractivity contribution is 7.89. The first-order valence-electron chi connectivity index (χ1n) is 7.80. The molecule has 10 heteroatoms. The van der Waals surface area contributed by atoms with Crippen LogP contribution in [-0.4, -0.2) is 41.6 Å². The van der Waals surface area contributed by atoms with E-state index in [2.05, 4.69) is 15.4 Å². The second-order valence-corrected chi connectivity index (χ2v) is 7.18. The van der Waals surface area contributed by atoms with Crippen LogP contribution in [0.5, 0.6) is 0 Å². The van der Waals surface area contributed by atoms with Gasteiger partial charge in [-0.15, -0.1) is 0 Å². The lowest BCUT2D eigenvalue weighted by atomic mass is 10.2. The fourth-order valence-electron chi connectivity index (χ4n) is 2.15. The molecule has 2 aromatic rings. The van der Waals surface area contributed by atoms with Crippen molar-refractivity contribution in [3.05, 3.63) is 41.9 Å².